The van der Waals surface area contributed by atoms with E-state index in [1.807, 2.05) is 25.1 Å². The van der Waals surface area contributed by atoms with Gasteiger partial charge in [0, 0.05) is 23.7 Å². The number of fused-ring (bicyclic) bond motifs is 1. The van der Waals surface area contributed by atoms with Gasteiger partial charge >= 0.3 is 0 Å². The zero-order valence-corrected chi connectivity index (χ0v) is 13.6. The highest BCUT2D eigenvalue weighted by Gasteiger charge is 2.07. The summed E-state index contributed by atoms with van der Waals surface area (Å²) in [7, 11) is 0. The fourth-order valence-corrected chi connectivity index (χ4v) is 2.45. The lowest BCUT2D eigenvalue weighted by Gasteiger charge is -2.08. The van der Waals surface area contributed by atoms with E-state index in [0.29, 0.717) is 5.56 Å². The smallest absolute Gasteiger partial charge is 0.258 e. The minimum absolute atomic E-state index is 0.0879. The third-order valence-electron chi connectivity index (χ3n) is 3.72. The molecule has 0 bridgehead atoms. The monoisotopic (exact) mass is 340 g/mol. The summed E-state index contributed by atoms with van der Waals surface area (Å²) in [6.45, 7) is 1.80. The lowest BCUT2D eigenvalue weighted by atomic mass is 10.1. The molecular weight excluding hydrogens is 323 g/mol. The van der Waals surface area contributed by atoms with Crippen LogP contribution in [0, 0.1) is 12.7 Å². The van der Waals surface area contributed by atoms with Crippen LogP contribution in [-0.4, -0.2) is 17.5 Å². The van der Waals surface area contributed by atoms with Gasteiger partial charge in [-0.1, -0.05) is 17.7 Å². The third kappa shape index (κ3) is 4.23. The van der Waals surface area contributed by atoms with Gasteiger partial charge in [-0.3, -0.25) is 9.59 Å². The van der Waals surface area contributed by atoms with Crippen LogP contribution in [-0.2, 0) is 11.3 Å². The molecule has 3 aromatic rings. The molecule has 3 rings (SSSR count). The number of amides is 1. The molecular formula is C19H17FN2O3. The Morgan fingerprint density at radius 1 is 1.20 bits per heavy atom. The minimum atomic E-state index is -0.434. The number of H-pyrrole nitrogens is 1. The Morgan fingerprint density at radius 3 is 2.84 bits per heavy atom. The maximum absolute atomic E-state index is 13.0. The predicted molar refractivity (Wildman–Crippen MR) is 93.0 cm³/mol. The number of hydrogen-bond acceptors (Lipinski definition) is 3. The molecule has 2 N–H and O–H groups in total. The van der Waals surface area contributed by atoms with Crippen molar-refractivity contribution in [3.05, 3.63) is 75.8 Å². The molecule has 0 aliphatic rings. The Bertz CT molecular complexity index is 982. The number of pyridine rings is 1. The second kappa shape index (κ2) is 7.17. The van der Waals surface area contributed by atoms with Crippen LogP contribution in [0.2, 0.25) is 0 Å². The number of benzene rings is 2. The molecule has 128 valence electrons. The van der Waals surface area contributed by atoms with E-state index in [2.05, 4.69) is 10.3 Å². The van der Waals surface area contributed by atoms with Crippen LogP contribution >= 0.6 is 0 Å². The van der Waals surface area contributed by atoms with Gasteiger partial charge < -0.3 is 15.0 Å². The Kier molecular flexibility index (Phi) is 4.79. The zero-order chi connectivity index (χ0) is 17.8. The van der Waals surface area contributed by atoms with Crippen LogP contribution in [0.4, 0.5) is 4.39 Å². The van der Waals surface area contributed by atoms with Crippen molar-refractivity contribution in [2.75, 3.05) is 6.61 Å². The summed E-state index contributed by atoms with van der Waals surface area (Å²) < 4.78 is 18.3. The average molecular weight is 340 g/mol. The van der Waals surface area contributed by atoms with E-state index < -0.39 is 11.7 Å². The first kappa shape index (κ1) is 16.7. The van der Waals surface area contributed by atoms with Crippen LogP contribution in [0.5, 0.6) is 5.75 Å². The van der Waals surface area contributed by atoms with E-state index in [1.165, 1.54) is 18.2 Å². The molecule has 1 heterocycles. The molecule has 0 spiro atoms. The first-order chi connectivity index (χ1) is 12.0. The number of aromatic amines is 1. The van der Waals surface area contributed by atoms with Crippen LogP contribution in [0.1, 0.15) is 11.1 Å². The third-order valence-corrected chi connectivity index (χ3v) is 3.72. The minimum Gasteiger partial charge on any atom is -0.484 e. The van der Waals surface area contributed by atoms with Gasteiger partial charge in [-0.05, 0) is 42.6 Å². The highest BCUT2D eigenvalue weighted by Crippen LogP contribution is 2.13. The summed E-state index contributed by atoms with van der Waals surface area (Å²) in [6.07, 6.45) is 0. The van der Waals surface area contributed by atoms with Gasteiger partial charge in [-0.15, -0.1) is 0 Å². The normalized spacial score (nSPS) is 10.6. The van der Waals surface area contributed by atoms with Crippen LogP contribution in [0.15, 0.2) is 53.3 Å². The van der Waals surface area contributed by atoms with E-state index >= 15 is 0 Å². The van der Waals surface area contributed by atoms with Gasteiger partial charge in [0.15, 0.2) is 6.61 Å². The van der Waals surface area contributed by atoms with Gasteiger partial charge in [0.1, 0.15) is 11.6 Å². The molecule has 2 aromatic carbocycles. The van der Waals surface area contributed by atoms with E-state index in [9.17, 15) is 14.0 Å². The molecule has 0 aliphatic heterocycles. The van der Waals surface area contributed by atoms with Gasteiger partial charge in [0.25, 0.3) is 11.5 Å². The Labute approximate surface area is 143 Å². The van der Waals surface area contributed by atoms with Crippen LogP contribution in [0.3, 0.4) is 0 Å². The molecule has 1 aromatic heterocycles. The van der Waals surface area contributed by atoms with E-state index in [1.54, 1.807) is 12.1 Å². The molecule has 0 saturated heterocycles. The number of hydrogen-bond donors (Lipinski definition) is 2. The zero-order valence-electron chi connectivity index (χ0n) is 13.6. The molecule has 25 heavy (non-hydrogen) atoms. The first-order valence-corrected chi connectivity index (χ1v) is 7.79. The molecule has 6 heteroatoms. The summed E-state index contributed by atoms with van der Waals surface area (Å²) in [5, 5.41) is 3.53. The van der Waals surface area contributed by atoms with Crippen LogP contribution in [0.25, 0.3) is 10.9 Å². The summed E-state index contributed by atoms with van der Waals surface area (Å²) in [4.78, 5) is 26.7. The maximum Gasteiger partial charge on any atom is 0.258 e. The Balaban J connectivity index is 1.62. The van der Waals surface area contributed by atoms with Crippen molar-refractivity contribution < 1.29 is 13.9 Å². The lowest BCUT2D eigenvalue weighted by Crippen LogP contribution is -2.30. The predicted octanol–water partition coefficient (Wildman–Crippen LogP) is 2.67. The van der Waals surface area contributed by atoms with Crippen molar-refractivity contribution in [1.82, 2.24) is 10.3 Å². The van der Waals surface area contributed by atoms with Gasteiger partial charge in [0.05, 0.1) is 0 Å². The number of aryl methyl sites for hydroxylation is 1. The molecule has 0 atom stereocenters. The molecule has 0 saturated carbocycles. The molecule has 5 nitrogen and oxygen atoms in total. The lowest BCUT2D eigenvalue weighted by molar-refractivity contribution is -0.123. The van der Waals surface area contributed by atoms with Crippen molar-refractivity contribution in [1.29, 1.82) is 0 Å². The fraction of sp³-hybridized carbons (Fsp3) is 0.158. The quantitative estimate of drug-likeness (QED) is 0.750. The summed E-state index contributed by atoms with van der Waals surface area (Å²) in [5.41, 5.74) is 2.04. The number of ether oxygens (including phenoxy) is 1. The number of nitrogens with one attached hydrogen (secondary N) is 2. The first-order valence-electron chi connectivity index (χ1n) is 7.79. The second-order valence-corrected chi connectivity index (χ2v) is 5.74. The number of aromatic nitrogens is 1. The van der Waals surface area contributed by atoms with Crippen molar-refractivity contribution in [2.45, 2.75) is 13.5 Å². The molecule has 0 aliphatic carbocycles. The SMILES string of the molecule is Cc1ccc2[nH]c(=O)c(CNC(=O)COc3cccc(F)c3)cc2c1. The number of halogens is 1. The maximum atomic E-state index is 13.0. The largest absolute Gasteiger partial charge is 0.484 e. The van der Waals surface area contributed by atoms with Gasteiger partial charge in [-0.25, -0.2) is 4.39 Å². The molecule has 0 radical (unpaired) electrons. The highest BCUT2D eigenvalue weighted by atomic mass is 19.1. The topological polar surface area (TPSA) is 71.2 Å². The average Bonchev–Trinajstić information content (AvgIpc) is 2.58. The van der Waals surface area contributed by atoms with Gasteiger partial charge in [0.2, 0.25) is 0 Å². The van der Waals surface area contributed by atoms with Crippen LogP contribution < -0.4 is 15.6 Å². The second-order valence-electron chi connectivity index (χ2n) is 5.74. The molecule has 0 fully saturated rings. The number of carbonyl (C=O) groups excluding carboxylic acids is 1. The number of rotatable bonds is 5. The van der Waals surface area contributed by atoms with E-state index in [4.69, 9.17) is 4.74 Å². The fourth-order valence-electron chi connectivity index (χ4n) is 2.45. The van der Waals surface area contributed by atoms with E-state index in [0.717, 1.165) is 16.5 Å². The van der Waals surface area contributed by atoms with Crippen molar-refractivity contribution >= 4 is 16.8 Å². The van der Waals surface area contributed by atoms with Gasteiger partial charge in [-0.2, -0.15) is 0 Å². The van der Waals surface area contributed by atoms with Crippen molar-refractivity contribution in [3.63, 3.8) is 0 Å². The molecule has 1 amide bonds. The van der Waals surface area contributed by atoms with Crippen molar-refractivity contribution in [3.8, 4) is 5.75 Å². The summed E-state index contributed by atoms with van der Waals surface area (Å²) >= 11 is 0. The van der Waals surface area contributed by atoms with E-state index in [-0.39, 0.29) is 24.5 Å². The standard InChI is InChI=1S/C19H17FN2O3/c1-12-5-6-17-13(7-12)8-14(19(24)22-17)10-21-18(23)11-25-16-4-2-3-15(20)9-16/h2-9H,10-11H2,1H3,(H,21,23)(H,22,24). The Morgan fingerprint density at radius 2 is 2.04 bits per heavy atom. The Hall–Kier alpha value is -3.15. The van der Waals surface area contributed by atoms with Crippen molar-refractivity contribution in [2.24, 2.45) is 0 Å². The summed E-state index contributed by atoms with van der Waals surface area (Å²) in [5.74, 6) is -0.557. The highest BCUT2D eigenvalue weighted by molar-refractivity contribution is 5.80. The number of carbonyl (C=O) groups is 1. The molecule has 0 unspecified atom stereocenters. The summed E-state index contributed by atoms with van der Waals surface area (Å²) in [6, 6.07) is 13.0.